The van der Waals surface area contributed by atoms with E-state index in [2.05, 4.69) is 4.29 Å². The Balaban J connectivity index is 3.04. The highest BCUT2D eigenvalue weighted by Crippen LogP contribution is 2.25. The van der Waals surface area contributed by atoms with Crippen LogP contribution in [0.3, 0.4) is 0 Å². The van der Waals surface area contributed by atoms with Crippen LogP contribution in [0.4, 0.5) is 18.9 Å². The molecule has 0 aliphatic heterocycles. The third-order valence-electron chi connectivity index (χ3n) is 1.73. The van der Waals surface area contributed by atoms with Gasteiger partial charge in [0.1, 0.15) is 11.9 Å². The lowest BCUT2D eigenvalue weighted by molar-refractivity contribution is -0.0429. The van der Waals surface area contributed by atoms with Crippen LogP contribution in [0.25, 0.3) is 0 Å². The van der Waals surface area contributed by atoms with Gasteiger partial charge in [0, 0.05) is 5.69 Å². The average molecular weight is 304 g/mol. The van der Waals surface area contributed by atoms with Crippen LogP contribution >= 0.6 is 11.9 Å². The zero-order valence-electron chi connectivity index (χ0n) is 8.36. The summed E-state index contributed by atoms with van der Waals surface area (Å²) in [4.78, 5) is 11.0. The van der Waals surface area contributed by atoms with E-state index in [-0.39, 0.29) is 5.56 Å². The fraction of sp³-hybridized carbons (Fsp3) is 0.125. The summed E-state index contributed by atoms with van der Waals surface area (Å²) in [6, 6.07) is 4.25. The molecular weight excluding hydrogens is 299 g/mol. The maximum atomic E-state index is 12.1. The molecule has 0 atom stereocenters. The zero-order chi connectivity index (χ0) is 14.0. The highest BCUT2D eigenvalue weighted by atomic mass is 35.5. The van der Waals surface area contributed by atoms with Gasteiger partial charge in [-0.05, 0) is 18.2 Å². The Kier molecular flexibility index (Phi) is 4.07. The number of carbonyl (C=O) groups is 1. The SMILES string of the molecule is O=C(OCl)c1cccc(NS(=O)(=O)C(F)(F)F)c1. The highest BCUT2D eigenvalue weighted by molar-refractivity contribution is 7.93. The lowest BCUT2D eigenvalue weighted by Crippen LogP contribution is -2.29. The molecule has 1 rings (SSSR count). The number of hydrogen-bond donors (Lipinski definition) is 1. The Morgan fingerprint density at radius 3 is 2.44 bits per heavy atom. The van der Waals surface area contributed by atoms with Gasteiger partial charge in [0.2, 0.25) is 0 Å². The standard InChI is InChI=1S/C8H5ClF3NO4S/c9-17-7(14)5-2-1-3-6(4-5)13-18(15,16)8(10,11)12/h1-4,13H. The van der Waals surface area contributed by atoms with Crippen LogP contribution in [0.2, 0.25) is 0 Å². The van der Waals surface area contributed by atoms with Crippen LogP contribution < -0.4 is 4.72 Å². The first kappa shape index (κ1) is 14.6. The first-order chi connectivity index (χ1) is 8.17. The molecule has 0 saturated heterocycles. The molecule has 0 bridgehead atoms. The van der Waals surface area contributed by atoms with Crippen molar-refractivity contribution in [1.29, 1.82) is 0 Å². The van der Waals surface area contributed by atoms with Gasteiger partial charge in [-0.25, -0.2) is 4.79 Å². The third kappa shape index (κ3) is 3.26. The number of alkyl halides is 3. The van der Waals surface area contributed by atoms with E-state index < -0.39 is 27.2 Å². The van der Waals surface area contributed by atoms with Crippen LogP contribution in [-0.2, 0) is 14.3 Å². The number of anilines is 1. The normalized spacial score (nSPS) is 12.0. The van der Waals surface area contributed by atoms with E-state index in [0.29, 0.717) is 0 Å². The number of sulfonamides is 1. The van der Waals surface area contributed by atoms with Crippen molar-refractivity contribution in [1.82, 2.24) is 0 Å². The predicted molar refractivity (Wildman–Crippen MR) is 56.3 cm³/mol. The fourth-order valence-corrected chi connectivity index (χ4v) is 1.61. The van der Waals surface area contributed by atoms with Crippen molar-refractivity contribution in [3.63, 3.8) is 0 Å². The van der Waals surface area contributed by atoms with E-state index in [1.54, 1.807) is 0 Å². The van der Waals surface area contributed by atoms with Crippen molar-refractivity contribution in [3.8, 4) is 0 Å². The molecule has 0 aliphatic rings. The summed E-state index contributed by atoms with van der Waals surface area (Å²) in [6.45, 7) is 0. The van der Waals surface area contributed by atoms with Gasteiger partial charge in [0.25, 0.3) is 0 Å². The molecule has 10 heteroatoms. The molecule has 1 aromatic carbocycles. The Morgan fingerprint density at radius 2 is 1.94 bits per heavy atom. The average Bonchev–Trinajstić information content (AvgIpc) is 2.26. The van der Waals surface area contributed by atoms with Crippen molar-refractivity contribution in [2.24, 2.45) is 0 Å². The molecule has 1 N–H and O–H groups in total. The molecule has 100 valence electrons. The Morgan fingerprint density at radius 1 is 1.33 bits per heavy atom. The molecular formula is C8H5ClF3NO4S. The molecule has 0 unspecified atom stereocenters. The van der Waals surface area contributed by atoms with Crippen LogP contribution in [-0.4, -0.2) is 19.9 Å². The van der Waals surface area contributed by atoms with Crippen molar-refractivity contribution in [3.05, 3.63) is 29.8 Å². The Hall–Kier alpha value is -1.48. The molecule has 0 saturated carbocycles. The van der Waals surface area contributed by atoms with Crippen LogP contribution in [0, 0.1) is 0 Å². The van der Waals surface area contributed by atoms with Crippen molar-refractivity contribution in [2.75, 3.05) is 4.72 Å². The van der Waals surface area contributed by atoms with E-state index in [4.69, 9.17) is 11.9 Å². The maximum absolute atomic E-state index is 12.1. The highest BCUT2D eigenvalue weighted by Gasteiger charge is 2.46. The second-order valence-corrected chi connectivity index (χ2v) is 4.82. The maximum Gasteiger partial charge on any atom is 0.516 e. The smallest absolute Gasteiger partial charge is 0.343 e. The van der Waals surface area contributed by atoms with Crippen molar-refractivity contribution < 1.29 is 30.7 Å². The van der Waals surface area contributed by atoms with Gasteiger partial charge in [0.15, 0.2) is 0 Å². The van der Waals surface area contributed by atoms with E-state index in [0.717, 1.165) is 18.2 Å². The number of nitrogens with one attached hydrogen (secondary N) is 1. The molecule has 0 aliphatic carbocycles. The molecule has 0 aromatic heterocycles. The minimum absolute atomic E-state index is 0.202. The number of carbonyl (C=O) groups excluding carboxylic acids is 1. The van der Waals surface area contributed by atoms with Crippen LogP contribution in [0.1, 0.15) is 10.4 Å². The van der Waals surface area contributed by atoms with E-state index in [9.17, 15) is 26.4 Å². The lowest BCUT2D eigenvalue weighted by Gasteiger charge is -2.10. The second kappa shape index (κ2) is 5.02. The molecule has 0 amide bonds. The fourth-order valence-electron chi connectivity index (χ4n) is 0.967. The first-order valence-corrected chi connectivity index (χ1v) is 5.98. The molecule has 1 aromatic rings. The summed E-state index contributed by atoms with van der Waals surface area (Å²) in [7, 11) is -5.54. The third-order valence-corrected chi connectivity index (χ3v) is 2.98. The summed E-state index contributed by atoms with van der Waals surface area (Å²) in [5, 5.41) is 0. The largest absolute Gasteiger partial charge is 0.516 e. The van der Waals surface area contributed by atoms with E-state index in [1.165, 1.54) is 10.8 Å². The number of hydrogen-bond acceptors (Lipinski definition) is 4. The zero-order valence-corrected chi connectivity index (χ0v) is 9.93. The van der Waals surface area contributed by atoms with E-state index in [1.807, 2.05) is 0 Å². The van der Waals surface area contributed by atoms with Gasteiger partial charge in [-0.1, -0.05) is 6.07 Å². The summed E-state index contributed by atoms with van der Waals surface area (Å²) in [6.07, 6.45) is 0. The Bertz CT molecular complexity index is 558. The summed E-state index contributed by atoms with van der Waals surface area (Å²) >= 11 is 4.78. The minimum Gasteiger partial charge on any atom is -0.343 e. The topological polar surface area (TPSA) is 72.5 Å². The van der Waals surface area contributed by atoms with Gasteiger partial charge in [0.05, 0.1) is 5.56 Å². The van der Waals surface area contributed by atoms with Gasteiger partial charge >= 0.3 is 21.5 Å². The molecule has 0 spiro atoms. The predicted octanol–water partition coefficient (Wildman–Crippen LogP) is 2.26. The van der Waals surface area contributed by atoms with Gasteiger partial charge in [-0.3, -0.25) is 4.72 Å². The molecule has 18 heavy (non-hydrogen) atoms. The summed E-state index contributed by atoms with van der Waals surface area (Å²) < 4.78 is 62.9. The summed E-state index contributed by atoms with van der Waals surface area (Å²) in [5.41, 5.74) is -6.09. The first-order valence-electron chi connectivity index (χ1n) is 4.19. The molecule has 0 radical (unpaired) electrons. The van der Waals surface area contributed by atoms with Gasteiger partial charge in [-0.15, -0.1) is 0 Å². The second-order valence-electron chi connectivity index (χ2n) is 3.00. The minimum atomic E-state index is -5.54. The van der Waals surface area contributed by atoms with Crippen molar-refractivity contribution >= 4 is 33.5 Å². The van der Waals surface area contributed by atoms with Crippen molar-refractivity contribution in [2.45, 2.75) is 5.51 Å². The van der Waals surface area contributed by atoms with Crippen LogP contribution in [0.5, 0.6) is 0 Å². The van der Waals surface area contributed by atoms with Crippen LogP contribution in [0.15, 0.2) is 24.3 Å². The molecule has 0 fully saturated rings. The Labute approximate surface area is 105 Å². The van der Waals surface area contributed by atoms with E-state index >= 15 is 0 Å². The monoisotopic (exact) mass is 303 g/mol. The summed E-state index contributed by atoms with van der Waals surface area (Å²) in [5.74, 6) is -1.02. The molecule has 0 heterocycles. The quantitative estimate of drug-likeness (QED) is 0.929. The van der Waals surface area contributed by atoms with Gasteiger partial charge in [-0.2, -0.15) is 21.6 Å². The lowest BCUT2D eigenvalue weighted by atomic mass is 10.2. The van der Waals surface area contributed by atoms with Gasteiger partial charge < -0.3 is 4.29 Å². The number of halogens is 4. The molecule has 5 nitrogen and oxygen atoms in total. The number of rotatable bonds is 3. The number of benzene rings is 1.